The molecule has 0 saturated carbocycles. The van der Waals surface area contributed by atoms with Crippen molar-refractivity contribution in [2.75, 3.05) is 30.9 Å². The van der Waals surface area contributed by atoms with Gasteiger partial charge in [0.1, 0.15) is 18.0 Å². The van der Waals surface area contributed by atoms with E-state index in [4.69, 9.17) is 4.74 Å². The molecule has 1 heterocycles. The molecule has 3 aromatic carbocycles. The van der Waals surface area contributed by atoms with Crippen LogP contribution in [0.4, 0.5) is 11.4 Å². The summed E-state index contributed by atoms with van der Waals surface area (Å²) >= 11 is 0. The number of likely N-dealkylation sites (N-methyl/N-ethyl adjacent to an activating group) is 1. The number of hydrogen-bond donors (Lipinski definition) is 2. The topological polar surface area (TPSA) is 120 Å². The van der Waals surface area contributed by atoms with Crippen LogP contribution in [0.15, 0.2) is 65.5 Å². The van der Waals surface area contributed by atoms with Crippen LogP contribution in [0, 0.1) is 11.3 Å². The van der Waals surface area contributed by atoms with Crippen molar-refractivity contribution < 1.29 is 14.6 Å². The predicted molar refractivity (Wildman–Crippen MR) is 138 cm³/mol. The molecule has 2 N–H and O–H groups in total. The summed E-state index contributed by atoms with van der Waals surface area (Å²) in [5.74, 6) is 0.122. The van der Waals surface area contributed by atoms with Crippen LogP contribution < -0.4 is 20.5 Å². The first kappa shape index (κ1) is 24.3. The number of benzene rings is 3. The van der Waals surface area contributed by atoms with E-state index in [1.165, 1.54) is 11.0 Å². The summed E-state index contributed by atoms with van der Waals surface area (Å²) in [6.45, 7) is 1.96. The van der Waals surface area contributed by atoms with E-state index in [-0.39, 0.29) is 12.3 Å². The summed E-state index contributed by atoms with van der Waals surface area (Å²) in [5.41, 5.74) is 2.11. The first-order valence-corrected chi connectivity index (χ1v) is 11.3. The van der Waals surface area contributed by atoms with Crippen LogP contribution in [0.5, 0.6) is 11.5 Å². The van der Waals surface area contributed by atoms with Crippen molar-refractivity contribution in [1.82, 2.24) is 9.78 Å². The van der Waals surface area contributed by atoms with E-state index >= 15 is 0 Å². The Morgan fingerprint density at radius 2 is 1.97 bits per heavy atom. The molecule has 0 radical (unpaired) electrons. The Kier molecular flexibility index (Phi) is 6.88. The van der Waals surface area contributed by atoms with Gasteiger partial charge in [-0.05, 0) is 49.4 Å². The van der Waals surface area contributed by atoms with E-state index < -0.39 is 11.5 Å². The summed E-state index contributed by atoms with van der Waals surface area (Å²) in [5, 5.41) is 27.8. The first-order valence-electron chi connectivity index (χ1n) is 11.3. The lowest BCUT2D eigenvalue weighted by Gasteiger charge is -2.19. The monoisotopic (exact) mass is 483 g/mol. The van der Waals surface area contributed by atoms with Crippen LogP contribution in [0.1, 0.15) is 12.5 Å². The van der Waals surface area contributed by atoms with Crippen LogP contribution in [-0.2, 0) is 11.3 Å². The van der Waals surface area contributed by atoms with E-state index in [0.29, 0.717) is 51.3 Å². The highest BCUT2D eigenvalue weighted by molar-refractivity contribution is 5.96. The van der Waals surface area contributed by atoms with Crippen molar-refractivity contribution in [2.45, 2.75) is 13.5 Å². The number of hydrogen-bond acceptors (Lipinski definition) is 7. The minimum atomic E-state index is -0.443. The maximum atomic E-state index is 13.4. The zero-order valence-electron chi connectivity index (χ0n) is 20.1. The average molecular weight is 484 g/mol. The minimum Gasteiger partial charge on any atom is -0.506 e. The third kappa shape index (κ3) is 4.70. The smallest absolute Gasteiger partial charge is 0.275 e. The number of rotatable bonds is 7. The molecule has 0 saturated heterocycles. The fourth-order valence-corrected chi connectivity index (χ4v) is 3.90. The maximum Gasteiger partial charge on any atom is 0.275 e. The minimum absolute atomic E-state index is 0.00115. The average Bonchev–Trinajstić information content (AvgIpc) is 2.90. The van der Waals surface area contributed by atoms with Crippen LogP contribution >= 0.6 is 0 Å². The Hall–Kier alpha value is -4.84. The number of nitriles is 1. The number of nitrogens with zero attached hydrogens (tertiary/aromatic N) is 4. The summed E-state index contributed by atoms with van der Waals surface area (Å²) in [7, 11) is 3.25. The quantitative estimate of drug-likeness (QED) is 0.384. The molecule has 36 heavy (non-hydrogen) atoms. The van der Waals surface area contributed by atoms with Crippen molar-refractivity contribution in [3.05, 3.63) is 76.6 Å². The molecule has 0 bridgehead atoms. The van der Waals surface area contributed by atoms with Gasteiger partial charge in [-0.25, -0.2) is 4.68 Å². The lowest BCUT2D eigenvalue weighted by atomic mass is 10.0. The fourth-order valence-electron chi connectivity index (χ4n) is 3.90. The normalized spacial score (nSPS) is 10.6. The van der Waals surface area contributed by atoms with Gasteiger partial charge in [0.25, 0.3) is 5.56 Å². The van der Waals surface area contributed by atoms with Crippen molar-refractivity contribution in [3.8, 4) is 28.8 Å². The van der Waals surface area contributed by atoms with Gasteiger partial charge >= 0.3 is 0 Å². The standard InChI is InChI=1S/C27H25N5O4/c1-4-36-20-9-10-21-22(14-20)27(35)32(30-26(21)18-7-5-6-17(12-18)15-28)16-25(34)31(3)19-8-11-23(29-2)24(33)13-19/h5-14,29,33H,4,16H2,1-3H3. The van der Waals surface area contributed by atoms with Gasteiger partial charge in [0.2, 0.25) is 5.91 Å². The van der Waals surface area contributed by atoms with Crippen LogP contribution in [0.3, 0.4) is 0 Å². The number of carbonyl (C=O) groups is 1. The lowest BCUT2D eigenvalue weighted by Crippen LogP contribution is -2.35. The predicted octanol–water partition coefficient (Wildman–Crippen LogP) is 3.74. The van der Waals surface area contributed by atoms with E-state index in [2.05, 4.69) is 16.5 Å². The molecule has 0 aliphatic rings. The van der Waals surface area contributed by atoms with E-state index in [1.54, 1.807) is 68.7 Å². The second kappa shape index (κ2) is 10.2. The van der Waals surface area contributed by atoms with Gasteiger partial charge < -0.3 is 20.1 Å². The van der Waals surface area contributed by atoms with E-state index in [1.807, 2.05) is 6.92 Å². The molecule has 9 heteroatoms. The van der Waals surface area contributed by atoms with Gasteiger partial charge in [0.15, 0.2) is 0 Å². The number of nitrogens with one attached hydrogen (secondary N) is 1. The molecule has 1 aromatic heterocycles. The summed E-state index contributed by atoms with van der Waals surface area (Å²) in [4.78, 5) is 27.9. The zero-order chi connectivity index (χ0) is 25.8. The van der Waals surface area contributed by atoms with Gasteiger partial charge in [-0.2, -0.15) is 10.4 Å². The third-order valence-corrected chi connectivity index (χ3v) is 5.80. The van der Waals surface area contributed by atoms with Crippen molar-refractivity contribution in [2.24, 2.45) is 0 Å². The molecule has 0 unspecified atom stereocenters. The van der Waals surface area contributed by atoms with Crippen LogP contribution in [-0.4, -0.2) is 41.5 Å². The Bertz CT molecular complexity index is 1550. The number of aromatic nitrogens is 2. The van der Waals surface area contributed by atoms with Crippen LogP contribution in [0.25, 0.3) is 22.0 Å². The van der Waals surface area contributed by atoms with Crippen molar-refractivity contribution >= 4 is 28.1 Å². The number of ether oxygens (including phenoxy) is 1. The van der Waals surface area contributed by atoms with Crippen molar-refractivity contribution in [3.63, 3.8) is 0 Å². The van der Waals surface area contributed by atoms with Crippen LogP contribution in [0.2, 0.25) is 0 Å². The van der Waals surface area contributed by atoms with Gasteiger partial charge in [-0.3, -0.25) is 9.59 Å². The maximum absolute atomic E-state index is 13.4. The molecular formula is C27H25N5O4. The lowest BCUT2D eigenvalue weighted by molar-refractivity contribution is -0.119. The Labute approximate surface area is 207 Å². The molecule has 182 valence electrons. The molecule has 0 aliphatic heterocycles. The number of anilines is 2. The summed E-state index contributed by atoms with van der Waals surface area (Å²) in [6, 6.07) is 19.0. The number of amides is 1. The molecule has 0 aliphatic carbocycles. The molecule has 0 atom stereocenters. The highest BCUT2D eigenvalue weighted by atomic mass is 16.5. The van der Waals surface area contributed by atoms with Gasteiger partial charge in [-0.1, -0.05) is 12.1 Å². The second-order valence-electron chi connectivity index (χ2n) is 8.05. The van der Waals surface area contributed by atoms with Gasteiger partial charge in [0.05, 0.1) is 35.0 Å². The zero-order valence-corrected chi connectivity index (χ0v) is 20.1. The number of fused-ring (bicyclic) bond motifs is 1. The van der Waals surface area contributed by atoms with E-state index in [9.17, 15) is 20.0 Å². The van der Waals surface area contributed by atoms with Gasteiger partial charge in [-0.15, -0.1) is 0 Å². The number of phenols is 1. The molecule has 4 aromatic rings. The SMILES string of the molecule is CCOc1ccc2c(-c3cccc(C#N)c3)nn(CC(=O)N(C)c3ccc(NC)c(O)c3)c(=O)c2c1. The van der Waals surface area contributed by atoms with Crippen molar-refractivity contribution in [1.29, 1.82) is 5.26 Å². The summed E-state index contributed by atoms with van der Waals surface area (Å²) < 4.78 is 6.70. The third-order valence-electron chi connectivity index (χ3n) is 5.80. The molecule has 0 spiro atoms. The molecule has 1 amide bonds. The fraction of sp³-hybridized carbons (Fsp3) is 0.185. The molecular weight excluding hydrogens is 458 g/mol. The number of carbonyl (C=O) groups excluding carboxylic acids is 1. The molecule has 9 nitrogen and oxygen atoms in total. The van der Waals surface area contributed by atoms with E-state index in [0.717, 1.165) is 4.68 Å². The Morgan fingerprint density at radius 3 is 2.67 bits per heavy atom. The first-order chi connectivity index (χ1) is 17.4. The Balaban J connectivity index is 1.80. The second-order valence-corrected chi connectivity index (χ2v) is 8.05. The Morgan fingerprint density at radius 1 is 1.17 bits per heavy atom. The number of phenolic OH excluding ortho intramolecular Hbond substituents is 1. The highest BCUT2D eigenvalue weighted by Crippen LogP contribution is 2.29. The number of aromatic hydroxyl groups is 1. The molecule has 4 rings (SSSR count). The summed E-state index contributed by atoms with van der Waals surface area (Å²) in [6.07, 6.45) is 0. The highest BCUT2D eigenvalue weighted by Gasteiger charge is 2.19. The van der Waals surface area contributed by atoms with Gasteiger partial charge in [0, 0.05) is 36.8 Å². The molecule has 0 fully saturated rings. The largest absolute Gasteiger partial charge is 0.506 e.